The van der Waals surface area contributed by atoms with Gasteiger partial charge < -0.3 is 10.0 Å². The molecule has 0 aliphatic carbocycles. The Bertz CT molecular complexity index is 701. The van der Waals surface area contributed by atoms with Crippen LogP contribution in [0.1, 0.15) is 34.8 Å². The van der Waals surface area contributed by atoms with Gasteiger partial charge in [-0.25, -0.2) is 0 Å². The number of rotatable bonds is 5. The Balaban J connectivity index is 1.54. The predicted molar refractivity (Wildman–Crippen MR) is 89.5 cm³/mol. The number of hydrogen-bond donors (Lipinski definition) is 3. The molecule has 1 aliphatic rings. The van der Waals surface area contributed by atoms with Gasteiger partial charge in [-0.05, 0) is 45.2 Å². The summed E-state index contributed by atoms with van der Waals surface area (Å²) in [7, 11) is 0. The second-order valence-electron chi connectivity index (χ2n) is 6.79. The van der Waals surface area contributed by atoms with E-state index in [-0.39, 0.29) is 11.8 Å². The number of amides is 1. The third-order valence-electron chi connectivity index (χ3n) is 4.86. The molecule has 0 saturated carbocycles. The van der Waals surface area contributed by atoms with E-state index in [0.717, 1.165) is 28.3 Å². The molecule has 130 valence electrons. The summed E-state index contributed by atoms with van der Waals surface area (Å²) in [5.74, 6) is 0.142. The van der Waals surface area contributed by atoms with Gasteiger partial charge in [0.25, 0.3) is 0 Å². The van der Waals surface area contributed by atoms with Gasteiger partial charge >= 0.3 is 0 Å². The highest BCUT2D eigenvalue weighted by molar-refractivity contribution is 5.77. The van der Waals surface area contributed by atoms with Crippen molar-refractivity contribution >= 4 is 5.91 Å². The van der Waals surface area contributed by atoms with Crippen molar-refractivity contribution in [3.05, 3.63) is 34.4 Å². The summed E-state index contributed by atoms with van der Waals surface area (Å²) >= 11 is 0. The Morgan fingerprint density at radius 3 is 2.71 bits per heavy atom. The smallest absolute Gasteiger partial charge is 0.223 e. The molecule has 2 atom stereocenters. The van der Waals surface area contributed by atoms with Crippen LogP contribution >= 0.6 is 0 Å². The van der Waals surface area contributed by atoms with Crippen molar-refractivity contribution in [2.24, 2.45) is 5.92 Å². The molecule has 3 heterocycles. The van der Waals surface area contributed by atoms with Crippen LogP contribution in [-0.4, -0.2) is 55.5 Å². The number of carbonyl (C=O) groups is 1. The molecule has 0 bridgehead atoms. The van der Waals surface area contributed by atoms with E-state index < -0.39 is 6.10 Å². The first-order valence-electron chi connectivity index (χ1n) is 8.41. The molecular weight excluding hydrogens is 306 g/mol. The maximum absolute atomic E-state index is 12.5. The van der Waals surface area contributed by atoms with Gasteiger partial charge in [-0.15, -0.1) is 0 Å². The minimum Gasteiger partial charge on any atom is -0.391 e. The van der Waals surface area contributed by atoms with Gasteiger partial charge in [-0.2, -0.15) is 10.2 Å². The van der Waals surface area contributed by atoms with Gasteiger partial charge in [-0.1, -0.05) is 0 Å². The number of nitrogens with zero attached hydrogens (tertiary/aromatic N) is 3. The van der Waals surface area contributed by atoms with E-state index in [2.05, 4.69) is 20.4 Å². The largest absolute Gasteiger partial charge is 0.391 e. The second kappa shape index (κ2) is 6.76. The second-order valence-corrected chi connectivity index (χ2v) is 6.79. The summed E-state index contributed by atoms with van der Waals surface area (Å²) in [6, 6.07) is 1.99. The summed E-state index contributed by atoms with van der Waals surface area (Å²) in [6.07, 6.45) is 1.34. The third-order valence-corrected chi connectivity index (χ3v) is 4.86. The third kappa shape index (κ3) is 3.51. The number of nitrogens with one attached hydrogen (secondary N) is 2. The number of likely N-dealkylation sites (tertiary alicyclic amines) is 1. The van der Waals surface area contributed by atoms with Crippen LogP contribution in [0.25, 0.3) is 0 Å². The summed E-state index contributed by atoms with van der Waals surface area (Å²) < 4.78 is 0. The van der Waals surface area contributed by atoms with Gasteiger partial charge in [-0.3, -0.25) is 15.0 Å². The Morgan fingerprint density at radius 1 is 1.29 bits per heavy atom. The minimum absolute atomic E-state index is 0.0500. The van der Waals surface area contributed by atoms with E-state index >= 15 is 0 Å². The van der Waals surface area contributed by atoms with E-state index in [1.54, 1.807) is 4.90 Å². The van der Waals surface area contributed by atoms with Crippen molar-refractivity contribution < 1.29 is 9.90 Å². The summed E-state index contributed by atoms with van der Waals surface area (Å²) in [5, 5.41) is 24.5. The molecule has 0 spiro atoms. The lowest BCUT2D eigenvalue weighted by Gasteiger charge is -2.16. The first kappa shape index (κ1) is 16.7. The van der Waals surface area contributed by atoms with Crippen LogP contribution < -0.4 is 0 Å². The Kier molecular flexibility index (Phi) is 4.71. The topological polar surface area (TPSA) is 97.9 Å². The maximum atomic E-state index is 12.5. The van der Waals surface area contributed by atoms with Gasteiger partial charge in [0.1, 0.15) is 0 Å². The van der Waals surface area contributed by atoms with Crippen LogP contribution in [0.15, 0.2) is 6.07 Å². The molecule has 2 aromatic rings. The zero-order valence-corrected chi connectivity index (χ0v) is 14.5. The van der Waals surface area contributed by atoms with Crippen LogP contribution in [0.3, 0.4) is 0 Å². The molecule has 1 saturated heterocycles. The van der Waals surface area contributed by atoms with Gasteiger partial charge in [0.15, 0.2) is 0 Å². The van der Waals surface area contributed by atoms with Gasteiger partial charge in [0, 0.05) is 36.8 Å². The Hall–Kier alpha value is -2.15. The van der Waals surface area contributed by atoms with Crippen LogP contribution in [-0.2, 0) is 17.6 Å². The number of β-amino-alcohol motifs (C(OH)–C–C–N with tert-alkyl or cyclic N) is 1. The molecule has 3 rings (SSSR count). The van der Waals surface area contributed by atoms with Crippen molar-refractivity contribution in [1.29, 1.82) is 0 Å². The zero-order chi connectivity index (χ0) is 17.3. The van der Waals surface area contributed by atoms with E-state index in [1.807, 2.05) is 26.8 Å². The predicted octanol–water partition coefficient (Wildman–Crippen LogP) is 1.05. The van der Waals surface area contributed by atoms with Crippen LogP contribution in [0, 0.1) is 26.7 Å². The fourth-order valence-electron chi connectivity index (χ4n) is 3.44. The molecule has 1 amide bonds. The highest BCUT2D eigenvalue weighted by Crippen LogP contribution is 2.22. The molecule has 0 unspecified atom stereocenters. The minimum atomic E-state index is -0.483. The summed E-state index contributed by atoms with van der Waals surface area (Å²) in [5.41, 5.74) is 5.04. The molecule has 24 heavy (non-hydrogen) atoms. The molecule has 0 radical (unpaired) electrons. The lowest BCUT2D eigenvalue weighted by atomic mass is 10.0. The lowest BCUT2D eigenvalue weighted by Crippen LogP contribution is -2.29. The van der Waals surface area contributed by atoms with Crippen molar-refractivity contribution in [3.63, 3.8) is 0 Å². The SMILES string of the molecule is Cc1cc(C[C@@H]2CN(C(=O)CCc3c(C)n[nH]c3C)C[C@@H]2O)n[nH]1. The molecule has 1 aliphatic heterocycles. The highest BCUT2D eigenvalue weighted by atomic mass is 16.3. The molecule has 7 nitrogen and oxygen atoms in total. The quantitative estimate of drug-likeness (QED) is 0.763. The number of hydrogen-bond acceptors (Lipinski definition) is 4. The van der Waals surface area contributed by atoms with Gasteiger partial charge in [0.2, 0.25) is 5.91 Å². The summed E-state index contributed by atoms with van der Waals surface area (Å²) in [4.78, 5) is 14.3. The average Bonchev–Trinajstić information content (AvgIpc) is 3.20. The van der Waals surface area contributed by atoms with Crippen LogP contribution in [0.2, 0.25) is 0 Å². The van der Waals surface area contributed by atoms with E-state index in [1.165, 1.54) is 0 Å². The van der Waals surface area contributed by atoms with E-state index in [4.69, 9.17) is 0 Å². The number of aliphatic hydroxyl groups excluding tert-OH is 1. The molecular formula is C17H25N5O2. The number of aromatic nitrogens is 4. The molecule has 2 aromatic heterocycles. The number of aliphatic hydroxyl groups is 1. The average molecular weight is 331 g/mol. The lowest BCUT2D eigenvalue weighted by molar-refractivity contribution is -0.130. The van der Waals surface area contributed by atoms with E-state index in [0.29, 0.717) is 32.4 Å². The Labute approximate surface area is 141 Å². The summed E-state index contributed by atoms with van der Waals surface area (Å²) in [6.45, 7) is 6.88. The van der Waals surface area contributed by atoms with Crippen LogP contribution in [0.4, 0.5) is 0 Å². The molecule has 0 aromatic carbocycles. The maximum Gasteiger partial charge on any atom is 0.223 e. The number of carbonyl (C=O) groups excluding carboxylic acids is 1. The van der Waals surface area contributed by atoms with Crippen molar-refractivity contribution in [2.45, 2.75) is 46.1 Å². The highest BCUT2D eigenvalue weighted by Gasteiger charge is 2.34. The standard InChI is InChI=1S/C17H25N5O2/c1-10-6-14(21-18-10)7-13-8-22(9-16(13)23)17(24)5-4-15-11(2)19-20-12(15)3/h6,13,16,23H,4-5,7-9H2,1-3H3,(H,18,21)(H,19,20)/t13-,16+/m1/s1. The number of aromatic amines is 2. The van der Waals surface area contributed by atoms with E-state index in [9.17, 15) is 9.90 Å². The van der Waals surface area contributed by atoms with Crippen molar-refractivity contribution in [1.82, 2.24) is 25.3 Å². The van der Waals surface area contributed by atoms with Crippen molar-refractivity contribution in [3.8, 4) is 0 Å². The first-order valence-corrected chi connectivity index (χ1v) is 8.41. The fraction of sp³-hybridized carbons (Fsp3) is 0.588. The number of aryl methyl sites for hydroxylation is 3. The first-order chi connectivity index (χ1) is 11.4. The Morgan fingerprint density at radius 2 is 2.08 bits per heavy atom. The molecule has 7 heteroatoms. The molecule has 1 fully saturated rings. The fourth-order valence-corrected chi connectivity index (χ4v) is 3.44. The van der Waals surface area contributed by atoms with Crippen LogP contribution in [0.5, 0.6) is 0 Å². The monoisotopic (exact) mass is 331 g/mol. The zero-order valence-electron chi connectivity index (χ0n) is 14.5. The van der Waals surface area contributed by atoms with Crippen molar-refractivity contribution in [2.75, 3.05) is 13.1 Å². The normalized spacial score (nSPS) is 20.8. The number of H-pyrrole nitrogens is 2. The molecule has 3 N–H and O–H groups in total. The van der Waals surface area contributed by atoms with Gasteiger partial charge in [0.05, 0.1) is 17.5 Å².